The van der Waals surface area contributed by atoms with Gasteiger partial charge in [0.05, 0.1) is 0 Å². The summed E-state index contributed by atoms with van der Waals surface area (Å²) in [4.78, 5) is 21.0. The molecule has 17 heavy (non-hydrogen) atoms. The minimum Gasteiger partial charge on any atom is -0.443 e. The summed E-state index contributed by atoms with van der Waals surface area (Å²) >= 11 is 5.70. The zero-order valence-electron chi connectivity index (χ0n) is 10.6. The molecular weight excluding hydrogens is 242 g/mol. The van der Waals surface area contributed by atoms with Gasteiger partial charge in [0.15, 0.2) is 0 Å². The average molecular weight is 258 g/mol. The number of hydrogen-bond acceptors (Lipinski definition) is 4. The summed E-state index contributed by atoms with van der Waals surface area (Å²) in [7, 11) is 1.58. The molecule has 0 spiro atoms. The highest BCUT2D eigenvalue weighted by Crippen LogP contribution is 2.19. The van der Waals surface area contributed by atoms with Crippen molar-refractivity contribution in [3.63, 3.8) is 0 Å². The van der Waals surface area contributed by atoms with Crippen LogP contribution in [0, 0.1) is 6.92 Å². The summed E-state index contributed by atoms with van der Waals surface area (Å²) in [5.41, 5.74) is 0.207. The van der Waals surface area contributed by atoms with Crippen molar-refractivity contribution < 1.29 is 9.53 Å². The lowest BCUT2D eigenvalue weighted by atomic mass is 10.2. The molecule has 0 unspecified atom stereocenters. The van der Waals surface area contributed by atoms with Gasteiger partial charge in [-0.05, 0) is 39.3 Å². The highest BCUT2D eigenvalue weighted by molar-refractivity contribution is 6.28. The van der Waals surface area contributed by atoms with Crippen LogP contribution in [-0.2, 0) is 4.74 Å². The molecule has 1 amide bonds. The third-order valence-electron chi connectivity index (χ3n) is 1.90. The van der Waals surface area contributed by atoms with E-state index >= 15 is 0 Å². The number of ether oxygens (including phenoxy) is 1. The maximum atomic E-state index is 11.8. The van der Waals surface area contributed by atoms with Crippen molar-refractivity contribution in [2.24, 2.45) is 0 Å². The largest absolute Gasteiger partial charge is 0.443 e. The smallest absolute Gasteiger partial charge is 0.415 e. The highest BCUT2D eigenvalue weighted by Gasteiger charge is 2.22. The molecular formula is C11H16ClN3O2. The van der Waals surface area contributed by atoms with Gasteiger partial charge < -0.3 is 4.74 Å². The Kier molecular flexibility index (Phi) is 3.93. The first-order valence-corrected chi connectivity index (χ1v) is 5.54. The Morgan fingerprint density at radius 3 is 2.59 bits per heavy atom. The second-order valence-corrected chi connectivity index (χ2v) is 5.02. The quantitative estimate of drug-likeness (QED) is 0.726. The van der Waals surface area contributed by atoms with Crippen LogP contribution in [0.3, 0.4) is 0 Å². The number of anilines is 1. The minimum atomic E-state index is -0.546. The average Bonchev–Trinajstić information content (AvgIpc) is 2.18. The van der Waals surface area contributed by atoms with Gasteiger partial charge in [0.1, 0.15) is 11.4 Å². The highest BCUT2D eigenvalue weighted by atomic mass is 35.5. The van der Waals surface area contributed by atoms with Crippen LogP contribution in [0.15, 0.2) is 6.20 Å². The number of aryl methyl sites for hydroxylation is 1. The predicted octanol–water partition coefficient (Wildman–Crippen LogP) is 2.81. The minimum absolute atomic E-state index is 0.0982. The summed E-state index contributed by atoms with van der Waals surface area (Å²) in [5, 5.41) is 0.0982. The molecule has 1 heterocycles. The first-order valence-electron chi connectivity index (χ1n) is 5.16. The van der Waals surface area contributed by atoms with Crippen molar-refractivity contribution in [2.45, 2.75) is 33.3 Å². The molecule has 0 aromatic carbocycles. The molecule has 0 bridgehead atoms. The number of hydrogen-bond donors (Lipinski definition) is 0. The van der Waals surface area contributed by atoms with Crippen molar-refractivity contribution in [3.8, 4) is 0 Å². The summed E-state index contributed by atoms with van der Waals surface area (Å²) in [5.74, 6) is 0.444. The molecule has 0 atom stereocenters. The van der Waals surface area contributed by atoms with E-state index in [4.69, 9.17) is 16.3 Å². The second-order valence-electron chi connectivity index (χ2n) is 4.69. The van der Waals surface area contributed by atoms with Crippen LogP contribution in [0.1, 0.15) is 26.3 Å². The summed E-state index contributed by atoms with van der Waals surface area (Å²) in [6.45, 7) is 7.21. The zero-order valence-corrected chi connectivity index (χ0v) is 11.4. The van der Waals surface area contributed by atoms with E-state index in [9.17, 15) is 4.79 Å². The fourth-order valence-corrected chi connectivity index (χ4v) is 1.30. The van der Waals surface area contributed by atoms with Gasteiger partial charge in [0.2, 0.25) is 5.28 Å². The van der Waals surface area contributed by atoms with E-state index in [1.807, 2.05) is 0 Å². The Bertz CT molecular complexity index is 429. The molecule has 0 aliphatic rings. The Morgan fingerprint density at radius 1 is 1.47 bits per heavy atom. The van der Waals surface area contributed by atoms with Crippen LogP contribution in [0.2, 0.25) is 5.28 Å². The molecule has 5 nitrogen and oxygen atoms in total. The monoisotopic (exact) mass is 257 g/mol. The molecule has 1 aromatic heterocycles. The summed E-state index contributed by atoms with van der Waals surface area (Å²) in [6.07, 6.45) is 1.08. The molecule has 0 radical (unpaired) electrons. The summed E-state index contributed by atoms with van der Waals surface area (Å²) in [6, 6.07) is 0. The van der Waals surface area contributed by atoms with Crippen molar-refractivity contribution in [3.05, 3.63) is 17.0 Å². The Balaban J connectivity index is 2.92. The summed E-state index contributed by atoms with van der Waals surface area (Å²) < 4.78 is 5.23. The van der Waals surface area contributed by atoms with Crippen LogP contribution in [0.25, 0.3) is 0 Å². The van der Waals surface area contributed by atoms with E-state index < -0.39 is 11.7 Å². The third-order valence-corrected chi connectivity index (χ3v) is 2.08. The zero-order chi connectivity index (χ0) is 13.2. The van der Waals surface area contributed by atoms with E-state index in [-0.39, 0.29) is 5.28 Å². The van der Waals surface area contributed by atoms with Gasteiger partial charge in [-0.2, -0.15) is 4.98 Å². The topological polar surface area (TPSA) is 55.3 Å². The SMILES string of the molecule is Cc1cnc(Cl)nc1N(C)C(=O)OC(C)(C)C. The molecule has 0 aliphatic carbocycles. The molecule has 0 N–H and O–H groups in total. The van der Waals surface area contributed by atoms with Crippen molar-refractivity contribution in [1.82, 2.24) is 9.97 Å². The lowest BCUT2D eigenvalue weighted by molar-refractivity contribution is 0.0588. The fourth-order valence-electron chi connectivity index (χ4n) is 1.17. The Morgan fingerprint density at radius 2 is 2.06 bits per heavy atom. The molecule has 94 valence electrons. The Hall–Kier alpha value is -1.36. The lowest BCUT2D eigenvalue weighted by Crippen LogP contribution is -2.35. The van der Waals surface area contributed by atoms with E-state index in [0.717, 1.165) is 5.56 Å². The van der Waals surface area contributed by atoms with Crippen LogP contribution >= 0.6 is 11.6 Å². The number of nitrogens with zero attached hydrogens (tertiary/aromatic N) is 3. The first-order chi connectivity index (χ1) is 7.70. The maximum absolute atomic E-state index is 11.8. The van der Waals surface area contributed by atoms with Gasteiger partial charge in [-0.3, -0.25) is 4.90 Å². The Labute approximate surface area is 106 Å². The number of aromatic nitrogens is 2. The lowest BCUT2D eigenvalue weighted by Gasteiger charge is -2.24. The number of rotatable bonds is 1. The van der Waals surface area contributed by atoms with E-state index in [1.54, 1.807) is 40.9 Å². The molecule has 1 aromatic rings. The predicted molar refractivity (Wildman–Crippen MR) is 66.4 cm³/mol. The van der Waals surface area contributed by atoms with Gasteiger partial charge in [0.25, 0.3) is 0 Å². The number of carbonyl (C=O) groups is 1. The van der Waals surface area contributed by atoms with Crippen LogP contribution < -0.4 is 4.90 Å². The third kappa shape index (κ3) is 3.85. The van der Waals surface area contributed by atoms with Crippen molar-refractivity contribution >= 4 is 23.5 Å². The normalized spacial score (nSPS) is 11.2. The standard InChI is InChI=1S/C11H16ClN3O2/c1-7-6-13-9(12)14-8(7)15(5)10(16)17-11(2,3)4/h6H,1-5H3. The number of halogens is 1. The van der Waals surface area contributed by atoms with Gasteiger partial charge in [-0.25, -0.2) is 9.78 Å². The molecule has 6 heteroatoms. The fraction of sp³-hybridized carbons (Fsp3) is 0.545. The van der Waals surface area contributed by atoms with E-state index in [2.05, 4.69) is 9.97 Å². The van der Waals surface area contributed by atoms with Gasteiger partial charge in [0, 0.05) is 18.8 Å². The molecule has 1 rings (SSSR count). The maximum Gasteiger partial charge on any atom is 0.415 e. The van der Waals surface area contributed by atoms with E-state index in [1.165, 1.54) is 4.90 Å². The van der Waals surface area contributed by atoms with Crippen LogP contribution in [0.4, 0.5) is 10.6 Å². The molecule has 0 fully saturated rings. The molecule has 0 aliphatic heterocycles. The van der Waals surface area contributed by atoms with E-state index in [0.29, 0.717) is 5.82 Å². The van der Waals surface area contributed by atoms with Crippen LogP contribution in [0.5, 0.6) is 0 Å². The number of amides is 1. The first kappa shape index (κ1) is 13.7. The van der Waals surface area contributed by atoms with Crippen molar-refractivity contribution in [1.29, 1.82) is 0 Å². The van der Waals surface area contributed by atoms with Crippen molar-refractivity contribution in [2.75, 3.05) is 11.9 Å². The molecule has 0 saturated heterocycles. The van der Waals surface area contributed by atoms with Gasteiger partial charge in [-0.1, -0.05) is 0 Å². The van der Waals surface area contributed by atoms with Crippen LogP contribution in [-0.4, -0.2) is 28.7 Å². The second kappa shape index (κ2) is 4.87. The van der Waals surface area contributed by atoms with Gasteiger partial charge >= 0.3 is 6.09 Å². The van der Waals surface area contributed by atoms with Gasteiger partial charge in [-0.15, -0.1) is 0 Å². The molecule has 0 saturated carbocycles. The number of carbonyl (C=O) groups excluding carboxylic acids is 1.